The molecule has 13 heavy (non-hydrogen) atoms. The fourth-order valence-electron chi connectivity index (χ4n) is 0.855. The van der Waals surface area contributed by atoms with E-state index < -0.39 is 5.97 Å². The molecule has 0 bridgehead atoms. The number of hydrogen-bond donors (Lipinski definition) is 2. The van der Waals surface area contributed by atoms with E-state index in [1.807, 2.05) is 22.6 Å². The molecule has 0 spiro atoms. The fourth-order valence-corrected chi connectivity index (χ4v) is 1.33. The number of esters is 1. The molecule has 0 saturated heterocycles. The summed E-state index contributed by atoms with van der Waals surface area (Å²) in [5.74, 6) is -0.706. The molecule has 0 radical (unpaired) electrons. The lowest BCUT2D eigenvalue weighted by Crippen LogP contribution is -2.03. The molecule has 70 valence electrons. The summed E-state index contributed by atoms with van der Waals surface area (Å²) in [5, 5.41) is 9.49. The first-order valence-corrected chi connectivity index (χ1v) is 4.51. The second-order valence-electron chi connectivity index (χ2n) is 2.36. The standard InChI is InChI=1S/C8H8INO3/c1-13-8(12)4-2-3-5(10)6(9)7(4)11/h2-3,11H,10H2,1H3. The molecule has 0 aliphatic carbocycles. The van der Waals surface area contributed by atoms with Crippen molar-refractivity contribution in [1.29, 1.82) is 0 Å². The molecule has 0 amide bonds. The van der Waals surface area contributed by atoms with Crippen LogP contribution < -0.4 is 5.73 Å². The topological polar surface area (TPSA) is 72.5 Å². The second-order valence-corrected chi connectivity index (χ2v) is 3.44. The van der Waals surface area contributed by atoms with Gasteiger partial charge in [0.2, 0.25) is 0 Å². The van der Waals surface area contributed by atoms with Gasteiger partial charge < -0.3 is 15.6 Å². The van der Waals surface area contributed by atoms with E-state index in [1.165, 1.54) is 13.2 Å². The Hall–Kier alpha value is -0.980. The molecule has 0 aromatic heterocycles. The summed E-state index contributed by atoms with van der Waals surface area (Å²) in [5.41, 5.74) is 6.07. The molecular weight excluding hydrogens is 285 g/mol. The summed E-state index contributed by atoms with van der Waals surface area (Å²) in [6.07, 6.45) is 0. The molecule has 0 aliphatic rings. The van der Waals surface area contributed by atoms with Crippen LogP contribution in [-0.2, 0) is 4.74 Å². The van der Waals surface area contributed by atoms with Crippen molar-refractivity contribution in [2.75, 3.05) is 12.8 Å². The van der Waals surface area contributed by atoms with Gasteiger partial charge in [-0.3, -0.25) is 0 Å². The van der Waals surface area contributed by atoms with Crippen LogP contribution in [0, 0.1) is 3.57 Å². The predicted octanol–water partition coefficient (Wildman–Crippen LogP) is 1.37. The lowest BCUT2D eigenvalue weighted by atomic mass is 10.2. The normalized spacial score (nSPS) is 9.69. The Labute approximate surface area is 88.8 Å². The van der Waals surface area contributed by atoms with Gasteiger partial charge in [0.15, 0.2) is 0 Å². The number of carbonyl (C=O) groups excluding carboxylic acids is 1. The Morgan fingerprint density at radius 3 is 2.77 bits per heavy atom. The number of halogens is 1. The highest BCUT2D eigenvalue weighted by molar-refractivity contribution is 14.1. The van der Waals surface area contributed by atoms with Crippen molar-refractivity contribution in [3.8, 4) is 5.75 Å². The van der Waals surface area contributed by atoms with Crippen molar-refractivity contribution in [2.24, 2.45) is 0 Å². The molecule has 0 saturated carbocycles. The van der Waals surface area contributed by atoms with Gasteiger partial charge in [0.25, 0.3) is 0 Å². The summed E-state index contributed by atoms with van der Waals surface area (Å²) in [6, 6.07) is 2.98. The van der Waals surface area contributed by atoms with Gasteiger partial charge in [0.1, 0.15) is 11.3 Å². The number of nitrogens with two attached hydrogens (primary N) is 1. The second kappa shape index (κ2) is 3.82. The molecule has 5 heteroatoms. The minimum atomic E-state index is -0.574. The summed E-state index contributed by atoms with van der Waals surface area (Å²) >= 11 is 1.86. The van der Waals surface area contributed by atoms with Crippen LogP contribution in [0.2, 0.25) is 0 Å². The third-order valence-electron chi connectivity index (χ3n) is 1.55. The molecule has 1 aromatic rings. The molecule has 0 unspecified atom stereocenters. The molecule has 0 fully saturated rings. The minimum absolute atomic E-state index is 0.126. The number of rotatable bonds is 1. The first-order valence-electron chi connectivity index (χ1n) is 3.43. The van der Waals surface area contributed by atoms with E-state index in [1.54, 1.807) is 6.07 Å². The average Bonchev–Trinajstić information content (AvgIpc) is 2.13. The van der Waals surface area contributed by atoms with Gasteiger partial charge in [0, 0.05) is 5.69 Å². The van der Waals surface area contributed by atoms with Gasteiger partial charge in [0.05, 0.1) is 10.7 Å². The Morgan fingerprint density at radius 1 is 1.62 bits per heavy atom. The number of ether oxygens (including phenoxy) is 1. The zero-order chi connectivity index (χ0) is 10.0. The van der Waals surface area contributed by atoms with Crippen molar-refractivity contribution in [2.45, 2.75) is 0 Å². The van der Waals surface area contributed by atoms with Crippen LogP contribution in [0.3, 0.4) is 0 Å². The first kappa shape index (κ1) is 10.1. The van der Waals surface area contributed by atoms with Crippen molar-refractivity contribution in [3.63, 3.8) is 0 Å². The quantitative estimate of drug-likeness (QED) is 0.466. The monoisotopic (exact) mass is 293 g/mol. The van der Waals surface area contributed by atoms with E-state index in [4.69, 9.17) is 5.73 Å². The predicted molar refractivity (Wildman–Crippen MR) is 56.6 cm³/mol. The molecule has 4 nitrogen and oxygen atoms in total. The van der Waals surface area contributed by atoms with Crippen molar-refractivity contribution < 1.29 is 14.6 Å². The van der Waals surface area contributed by atoms with Crippen LogP contribution in [0.25, 0.3) is 0 Å². The lowest BCUT2D eigenvalue weighted by Gasteiger charge is -2.05. The molecule has 1 rings (SSSR count). The van der Waals surface area contributed by atoms with Crippen molar-refractivity contribution >= 4 is 34.2 Å². The highest BCUT2D eigenvalue weighted by Gasteiger charge is 2.14. The highest BCUT2D eigenvalue weighted by atomic mass is 127. The summed E-state index contributed by atoms with van der Waals surface area (Å²) in [7, 11) is 1.25. The Bertz CT molecular complexity index is 351. The number of anilines is 1. The molecule has 3 N–H and O–H groups in total. The van der Waals surface area contributed by atoms with Crippen LogP contribution in [0.15, 0.2) is 12.1 Å². The zero-order valence-corrected chi connectivity index (χ0v) is 9.03. The number of phenols is 1. The molecule has 0 heterocycles. The van der Waals surface area contributed by atoms with Gasteiger partial charge >= 0.3 is 5.97 Å². The number of nitrogen functional groups attached to an aromatic ring is 1. The average molecular weight is 293 g/mol. The highest BCUT2D eigenvalue weighted by Crippen LogP contribution is 2.29. The van der Waals surface area contributed by atoms with Crippen LogP contribution >= 0.6 is 22.6 Å². The Morgan fingerprint density at radius 2 is 2.23 bits per heavy atom. The van der Waals surface area contributed by atoms with Crippen LogP contribution in [-0.4, -0.2) is 18.2 Å². The number of carbonyl (C=O) groups is 1. The number of aromatic hydroxyl groups is 1. The van der Waals surface area contributed by atoms with Gasteiger partial charge in [-0.15, -0.1) is 0 Å². The number of hydrogen-bond acceptors (Lipinski definition) is 4. The number of phenolic OH excluding ortho intramolecular Hbond substituents is 1. The van der Waals surface area contributed by atoms with E-state index in [0.717, 1.165) is 0 Å². The lowest BCUT2D eigenvalue weighted by molar-refractivity contribution is 0.0597. The maximum Gasteiger partial charge on any atom is 0.341 e. The summed E-state index contributed by atoms with van der Waals surface area (Å²) in [6.45, 7) is 0. The SMILES string of the molecule is COC(=O)c1ccc(N)c(I)c1O. The van der Waals surface area contributed by atoms with E-state index in [9.17, 15) is 9.90 Å². The maximum absolute atomic E-state index is 11.1. The van der Waals surface area contributed by atoms with Crippen LogP contribution in [0.1, 0.15) is 10.4 Å². The smallest absolute Gasteiger partial charge is 0.341 e. The molecule has 0 atom stereocenters. The van der Waals surface area contributed by atoms with Crippen LogP contribution in [0.5, 0.6) is 5.75 Å². The largest absolute Gasteiger partial charge is 0.506 e. The van der Waals surface area contributed by atoms with Gasteiger partial charge in [-0.05, 0) is 34.7 Å². The van der Waals surface area contributed by atoms with E-state index in [-0.39, 0.29) is 11.3 Å². The van der Waals surface area contributed by atoms with Gasteiger partial charge in [-0.1, -0.05) is 0 Å². The fraction of sp³-hybridized carbons (Fsp3) is 0.125. The third-order valence-corrected chi connectivity index (χ3v) is 2.69. The zero-order valence-electron chi connectivity index (χ0n) is 6.87. The molecule has 0 aliphatic heterocycles. The van der Waals surface area contributed by atoms with E-state index >= 15 is 0 Å². The van der Waals surface area contributed by atoms with Crippen molar-refractivity contribution in [1.82, 2.24) is 0 Å². The first-order chi connectivity index (χ1) is 6.07. The Kier molecular flexibility index (Phi) is 2.97. The van der Waals surface area contributed by atoms with Crippen molar-refractivity contribution in [3.05, 3.63) is 21.3 Å². The van der Waals surface area contributed by atoms with Gasteiger partial charge in [-0.2, -0.15) is 0 Å². The molecular formula is C8H8INO3. The Balaban J connectivity index is 3.26. The number of benzene rings is 1. The third kappa shape index (κ3) is 1.85. The minimum Gasteiger partial charge on any atom is -0.506 e. The summed E-state index contributed by atoms with van der Waals surface area (Å²) < 4.78 is 4.93. The maximum atomic E-state index is 11.1. The van der Waals surface area contributed by atoms with Gasteiger partial charge in [-0.25, -0.2) is 4.79 Å². The molecule has 1 aromatic carbocycles. The number of methoxy groups -OCH3 is 1. The van der Waals surface area contributed by atoms with Crippen LogP contribution in [0.4, 0.5) is 5.69 Å². The van der Waals surface area contributed by atoms with E-state index in [0.29, 0.717) is 9.26 Å². The summed E-state index contributed by atoms with van der Waals surface area (Å²) in [4.78, 5) is 11.1. The van der Waals surface area contributed by atoms with E-state index in [2.05, 4.69) is 4.74 Å².